The van der Waals surface area contributed by atoms with Crippen molar-refractivity contribution < 1.29 is 19.1 Å². The van der Waals surface area contributed by atoms with Crippen LogP contribution in [0.3, 0.4) is 0 Å². The van der Waals surface area contributed by atoms with E-state index in [9.17, 15) is 14.9 Å². The minimum Gasteiger partial charge on any atom is -0.491 e. The Morgan fingerprint density at radius 1 is 1.14 bits per heavy atom. The van der Waals surface area contributed by atoms with Gasteiger partial charge in [-0.3, -0.25) is 4.79 Å². The number of amides is 2. The van der Waals surface area contributed by atoms with Crippen LogP contribution in [0, 0.1) is 16.7 Å². The van der Waals surface area contributed by atoms with Gasteiger partial charge in [0, 0.05) is 21.2 Å². The van der Waals surface area contributed by atoms with E-state index in [2.05, 4.69) is 6.07 Å². The summed E-state index contributed by atoms with van der Waals surface area (Å²) in [7, 11) is 0. The van der Waals surface area contributed by atoms with Crippen molar-refractivity contribution in [3.63, 3.8) is 0 Å². The highest BCUT2D eigenvalue weighted by Gasteiger charge is 2.40. The SMILES string of the molecule is CC(C)(C)OC(=O)N1C(=O)C(=Cc2cc(Cl)ccc2OCC2(C#N)CCCC2)c2ccc(Cl)cc21. The minimum atomic E-state index is -0.784. The molecule has 4 rings (SSSR count). The maximum absolute atomic E-state index is 13.5. The third-order valence-corrected chi connectivity index (χ3v) is 6.54. The molecule has 1 aliphatic heterocycles. The first-order valence-electron chi connectivity index (χ1n) is 11.4. The zero-order valence-electron chi connectivity index (χ0n) is 19.9. The molecule has 1 aliphatic carbocycles. The predicted molar refractivity (Wildman–Crippen MR) is 137 cm³/mol. The van der Waals surface area contributed by atoms with E-state index >= 15 is 0 Å². The van der Waals surface area contributed by atoms with E-state index in [4.69, 9.17) is 32.7 Å². The third-order valence-electron chi connectivity index (χ3n) is 6.07. The van der Waals surface area contributed by atoms with Crippen LogP contribution in [0.1, 0.15) is 57.6 Å². The average Bonchev–Trinajstić information content (AvgIpc) is 3.35. The Hall–Kier alpha value is -3.01. The van der Waals surface area contributed by atoms with E-state index in [-0.39, 0.29) is 12.2 Å². The molecule has 1 saturated carbocycles. The van der Waals surface area contributed by atoms with Crippen molar-refractivity contribution in [3.8, 4) is 11.8 Å². The number of imide groups is 1. The molecule has 0 aromatic heterocycles. The maximum atomic E-state index is 13.5. The largest absolute Gasteiger partial charge is 0.491 e. The number of hydrogen-bond donors (Lipinski definition) is 0. The molecular formula is C27H26Cl2N2O4. The van der Waals surface area contributed by atoms with Crippen molar-refractivity contribution in [3.05, 3.63) is 57.6 Å². The Morgan fingerprint density at radius 2 is 1.80 bits per heavy atom. The fourth-order valence-corrected chi connectivity index (χ4v) is 4.71. The quantitative estimate of drug-likeness (QED) is 0.402. The van der Waals surface area contributed by atoms with Gasteiger partial charge < -0.3 is 9.47 Å². The van der Waals surface area contributed by atoms with Crippen LogP contribution in [0.15, 0.2) is 36.4 Å². The summed E-state index contributed by atoms with van der Waals surface area (Å²) < 4.78 is 11.6. The first kappa shape index (κ1) is 25.1. The molecule has 8 heteroatoms. The molecule has 0 radical (unpaired) electrons. The third kappa shape index (κ3) is 5.32. The van der Waals surface area contributed by atoms with E-state index < -0.39 is 23.0 Å². The molecule has 0 spiro atoms. The molecule has 2 aromatic carbocycles. The monoisotopic (exact) mass is 512 g/mol. The highest BCUT2D eigenvalue weighted by Crippen LogP contribution is 2.42. The van der Waals surface area contributed by atoms with E-state index in [1.165, 1.54) is 0 Å². The van der Waals surface area contributed by atoms with E-state index in [1.54, 1.807) is 63.2 Å². The maximum Gasteiger partial charge on any atom is 0.422 e. The topological polar surface area (TPSA) is 79.6 Å². The first-order valence-corrected chi connectivity index (χ1v) is 12.2. The van der Waals surface area contributed by atoms with Gasteiger partial charge in [-0.15, -0.1) is 0 Å². The number of nitrogens with zero attached hydrogens (tertiary/aromatic N) is 2. The standard InChI is InChI=1S/C27H26Cl2N2O4/c1-26(2,3)35-25(33)31-22-14-19(29)6-8-20(22)21(24(31)32)13-17-12-18(28)7-9-23(17)34-16-27(15-30)10-4-5-11-27/h6-9,12-14H,4-5,10-11,16H2,1-3H3. The lowest BCUT2D eigenvalue weighted by Gasteiger charge is -2.23. The van der Waals surface area contributed by atoms with Gasteiger partial charge in [-0.2, -0.15) is 5.26 Å². The van der Waals surface area contributed by atoms with Crippen LogP contribution in [0.5, 0.6) is 5.75 Å². The lowest BCUT2D eigenvalue weighted by atomic mass is 9.89. The Balaban J connectivity index is 1.73. The van der Waals surface area contributed by atoms with Gasteiger partial charge in [0.2, 0.25) is 0 Å². The van der Waals surface area contributed by atoms with Gasteiger partial charge in [-0.25, -0.2) is 9.69 Å². The van der Waals surface area contributed by atoms with Crippen LogP contribution in [0.25, 0.3) is 11.6 Å². The molecule has 1 fully saturated rings. The second kappa shape index (κ2) is 9.56. The number of halogens is 2. The number of hydrogen-bond acceptors (Lipinski definition) is 5. The molecule has 2 aliphatic rings. The van der Waals surface area contributed by atoms with E-state index in [0.717, 1.165) is 30.6 Å². The van der Waals surface area contributed by atoms with Crippen LogP contribution in [0.4, 0.5) is 10.5 Å². The molecule has 35 heavy (non-hydrogen) atoms. The number of benzene rings is 2. The van der Waals surface area contributed by atoms with Gasteiger partial charge in [0.05, 0.1) is 22.7 Å². The number of rotatable bonds is 4. The van der Waals surface area contributed by atoms with Gasteiger partial charge in [0.25, 0.3) is 5.91 Å². The van der Waals surface area contributed by atoms with E-state index in [0.29, 0.717) is 32.6 Å². The van der Waals surface area contributed by atoms with Crippen LogP contribution in [-0.2, 0) is 9.53 Å². The molecule has 2 amide bonds. The number of nitriles is 1. The lowest BCUT2D eigenvalue weighted by Crippen LogP contribution is -2.38. The summed E-state index contributed by atoms with van der Waals surface area (Å²) in [4.78, 5) is 27.4. The van der Waals surface area contributed by atoms with Gasteiger partial charge in [0.1, 0.15) is 18.0 Å². The summed E-state index contributed by atoms with van der Waals surface area (Å²) in [6, 6.07) is 12.5. The van der Waals surface area contributed by atoms with Crippen molar-refractivity contribution in [2.45, 2.75) is 52.1 Å². The summed E-state index contributed by atoms with van der Waals surface area (Å²) in [5.74, 6) is -0.0332. The molecule has 6 nitrogen and oxygen atoms in total. The van der Waals surface area contributed by atoms with Crippen molar-refractivity contribution in [1.29, 1.82) is 5.26 Å². The van der Waals surface area contributed by atoms with Crippen LogP contribution in [0.2, 0.25) is 10.0 Å². The number of anilines is 1. The zero-order valence-corrected chi connectivity index (χ0v) is 21.4. The summed E-state index contributed by atoms with van der Waals surface area (Å²) in [6.07, 6.45) is 4.46. The lowest BCUT2D eigenvalue weighted by molar-refractivity contribution is -0.112. The van der Waals surface area contributed by atoms with Crippen molar-refractivity contribution in [2.75, 3.05) is 11.5 Å². The highest BCUT2D eigenvalue weighted by atomic mass is 35.5. The molecule has 2 aromatic rings. The van der Waals surface area contributed by atoms with Gasteiger partial charge in [-0.1, -0.05) is 42.1 Å². The summed E-state index contributed by atoms with van der Waals surface area (Å²) >= 11 is 12.5. The molecule has 0 unspecified atom stereocenters. The fraction of sp³-hybridized carbons (Fsp3) is 0.370. The average molecular weight is 513 g/mol. The van der Waals surface area contributed by atoms with Gasteiger partial charge >= 0.3 is 6.09 Å². The molecule has 1 heterocycles. The smallest absolute Gasteiger partial charge is 0.422 e. The molecule has 0 atom stereocenters. The Morgan fingerprint density at radius 3 is 2.46 bits per heavy atom. The number of carbonyl (C=O) groups excluding carboxylic acids is 2. The van der Waals surface area contributed by atoms with E-state index in [1.807, 2.05) is 0 Å². The normalized spacial score (nSPS) is 17.9. The second-order valence-electron chi connectivity index (χ2n) is 9.91. The number of ether oxygens (including phenoxy) is 2. The summed E-state index contributed by atoms with van der Waals surface area (Å²) in [5.41, 5.74) is 0.448. The predicted octanol–water partition coefficient (Wildman–Crippen LogP) is 7.28. The molecule has 0 saturated heterocycles. The highest BCUT2D eigenvalue weighted by molar-refractivity contribution is 6.42. The van der Waals surface area contributed by atoms with Gasteiger partial charge in [-0.05, 0) is 70.0 Å². The number of fused-ring (bicyclic) bond motifs is 1. The van der Waals surface area contributed by atoms with Crippen molar-refractivity contribution in [2.24, 2.45) is 5.41 Å². The molecule has 0 bridgehead atoms. The minimum absolute atomic E-state index is 0.255. The Labute approximate surface area is 215 Å². The molecule has 182 valence electrons. The molecule has 0 N–H and O–H groups in total. The fourth-order valence-electron chi connectivity index (χ4n) is 4.37. The van der Waals surface area contributed by atoms with Crippen LogP contribution in [-0.4, -0.2) is 24.2 Å². The van der Waals surface area contributed by atoms with Crippen LogP contribution < -0.4 is 9.64 Å². The molecular weight excluding hydrogens is 487 g/mol. The van der Waals surface area contributed by atoms with Crippen molar-refractivity contribution in [1.82, 2.24) is 0 Å². The summed E-state index contributed by atoms with van der Waals surface area (Å²) in [5, 5.41) is 10.5. The summed E-state index contributed by atoms with van der Waals surface area (Å²) in [6.45, 7) is 5.45. The van der Waals surface area contributed by atoms with Crippen LogP contribution >= 0.6 is 23.2 Å². The first-order chi connectivity index (χ1) is 16.5. The van der Waals surface area contributed by atoms with Crippen molar-refractivity contribution >= 4 is 52.5 Å². The zero-order chi connectivity index (χ0) is 25.4. The number of carbonyl (C=O) groups is 2. The Bertz CT molecular complexity index is 1250. The van der Waals surface area contributed by atoms with Gasteiger partial charge in [0.15, 0.2) is 0 Å². The Kier molecular flexibility index (Phi) is 6.86. The second-order valence-corrected chi connectivity index (χ2v) is 10.8.